The third kappa shape index (κ3) is 3.33. The number of ether oxygens (including phenoxy) is 1. The minimum atomic E-state index is -0.730. The van der Waals surface area contributed by atoms with E-state index in [2.05, 4.69) is 30.4 Å². The summed E-state index contributed by atoms with van der Waals surface area (Å²) in [5.41, 5.74) is 2.44. The van der Waals surface area contributed by atoms with Gasteiger partial charge in [0.15, 0.2) is 0 Å². The molecule has 0 amide bonds. The predicted octanol–water partition coefficient (Wildman–Crippen LogP) is 2.18. The van der Waals surface area contributed by atoms with Gasteiger partial charge >= 0.3 is 0 Å². The first kappa shape index (κ1) is 13.6. The Kier molecular flexibility index (Phi) is 4.78. The molecule has 1 aromatic carbocycles. The van der Waals surface area contributed by atoms with Crippen LogP contribution in [-0.4, -0.2) is 29.4 Å². The first-order valence-corrected chi connectivity index (χ1v) is 8.17. The van der Waals surface area contributed by atoms with Crippen LogP contribution in [0.5, 0.6) is 5.75 Å². The normalized spacial score (nSPS) is 20.7. The minimum Gasteiger partial charge on any atom is -0.493 e. The van der Waals surface area contributed by atoms with E-state index in [0.29, 0.717) is 11.8 Å². The number of hydrogen-bond donors (Lipinski definition) is 1. The maximum Gasteiger partial charge on any atom is 0.126 e. The Bertz CT molecular complexity index is 434. The van der Waals surface area contributed by atoms with Gasteiger partial charge in [-0.1, -0.05) is 18.2 Å². The standard InChI is InChI=1S/C14H21NO2S/c1-11-5-3-6-12-13(15-8-10-18(2)16)7-4-9-17-14(11)12/h3,5-6,13,15H,4,7-10H2,1-2H3. The minimum absolute atomic E-state index is 0.325. The Labute approximate surface area is 111 Å². The van der Waals surface area contributed by atoms with Crippen LogP contribution in [0, 0.1) is 6.92 Å². The maximum absolute atomic E-state index is 11.1. The lowest BCUT2D eigenvalue weighted by Gasteiger charge is -2.19. The van der Waals surface area contributed by atoms with Crippen molar-refractivity contribution < 1.29 is 8.95 Å². The van der Waals surface area contributed by atoms with Gasteiger partial charge in [-0.25, -0.2) is 0 Å². The van der Waals surface area contributed by atoms with Crippen molar-refractivity contribution in [2.45, 2.75) is 25.8 Å². The van der Waals surface area contributed by atoms with Crippen molar-refractivity contribution in [2.24, 2.45) is 0 Å². The summed E-state index contributed by atoms with van der Waals surface area (Å²) in [6, 6.07) is 6.62. The molecule has 1 aromatic rings. The molecule has 0 aromatic heterocycles. The van der Waals surface area contributed by atoms with Gasteiger partial charge in [0.1, 0.15) is 5.75 Å². The Morgan fingerprint density at radius 3 is 3.11 bits per heavy atom. The van der Waals surface area contributed by atoms with Crippen LogP contribution in [0.4, 0.5) is 0 Å². The average molecular weight is 267 g/mol. The molecule has 18 heavy (non-hydrogen) atoms. The molecule has 2 unspecified atom stereocenters. The Morgan fingerprint density at radius 2 is 2.33 bits per heavy atom. The van der Waals surface area contributed by atoms with Crippen molar-refractivity contribution in [3.05, 3.63) is 29.3 Å². The highest BCUT2D eigenvalue weighted by Crippen LogP contribution is 2.33. The summed E-state index contributed by atoms with van der Waals surface area (Å²) in [6.07, 6.45) is 3.88. The largest absolute Gasteiger partial charge is 0.493 e. The van der Waals surface area contributed by atoms with Crippen LogP contribution in [0.1, 0.15) is 30.0 Å². The molecule has 0 saturated heterocycles. The highest BCUT2D eigenvalue weighted by atomic mass is 32.2. The molecule has 0 radical (unpaired) electrons. The summed E-state index contributed by atoms with van der Waals surface area (Å²) in [6.45, 7) is 3.67. The van der Waals surface area contributed by atoms with E-state index in [-0.39, 0.29) is 0 Å². The van der Waals surface area contributed by atoms with Gasteiger partial charge in [-0.15, -0.1) is 0 Å². The lowest BCUT2D eigenvalue weighted by molar-refractivity contribution is 0.313. The second kappa shape index (κ2) is 6.34. The van der Waals surface area contributed by atoms with E-state index in [1.165, 1.54) is 11.1 Å². The van der Waals surface area contributed by atoms with Crippen molar-refractivity contribution in [1.82, 2.24) is 5.32 Å². The lowest BCUT2D eigenvalue weighted by Crippen LogP contribution is -2.25. The zero-order valence-electron chi connectivity index (χ0n) is 11.1. The molecule has 0 saturated carbocycles. The number of benzene rings is 1. The molecule has 0 spiro atoms. The lowest BCUT2D eigenvalue weighted by atomic mass is 10.00. The van der Waals surface area contributed by atoms with Gasteiger partial charge in [0, 0.05) is 41.0 Å². The van der Waals surface area contributed by atoms with Crippen molar-refractivity contribution in [3.63, 3.8) is 0 Å². The molecule has 1 aliphatic rings. The molecule has 100 valence electrons. The molecule has 2 rings (SSSR count). The van der Waals surface area contributed by atoms with Gasteiger partial charge in [-0.05, 0) is 25.3 Å². The highest BCUT2D eigenvalue weighted by molar-refractivity contribution is 7.84. The first-order valence-electron chi connectivity index (χ1n) is 6.44. The summed E-state index contributed by atoms with van der Waals surface area (Å²) in [7, 11) is -0.730. The van der Waals surface area contributed by atoms with Crippen LogP contribution in [0.3, 0.4) is 0 Å². The smallest absolute Gasteiger partial charge is 0.126 e. The molecule has 1 aliphatic heterocycles. The first-order chi connectivity index (χ1) is 8.68. The molecule has 1 N–H and O–H groups in total. The summed E-state index contributed by atoms with van der Waals surface area (Å²) in [4.78, 5) is 0. The van der Waals surface area contributed by atoms with Crippen LogP contribution in [-0.2, 0) is 10.8 Å². The van der Waals surface area contributed by atoms with Crippen molar-refractivity contribution >= 4 is 10.8 Å². The fourth-order valence-electron chi connectivity index (χ4n) is 2.35. The van der Waals surface area contributed by atoms with Crippen molar-refractivity contribution in [1.29, 1.82) is 0 Å². The summed E-state index contributed by atoms with van der Waals surface area (Å²) in [5, 5.41) is 3.50. The number of aryl methyl sites for hydroxylation is 1. The van der Waals surface area contributed by atoms with Gasteiger partial charge < -0.3 is 10.1 Å². The van der Waals surface area contributed by atoms with Crippen LogP contribution < -0.4 is 10.1 Å². The highest BCUT2D eigenvalue weighted by Gasteiger charge is 2.20. The van der Waals surface area contributed by atoms with E-state index in [0.717, 1.165) is 31.7 Å². The Hall–Kier alpha value is -0.870. The summed E-state index contributed by atoms with van der Waals surface area (Å²) >= 11 is 0. The molecule has 0 bridgehead atoms. The van der Waals surface area contributed by atoms with E-state index in [9.17, 15) is 4.21 Å². The number of fused-ring (bicyclic) bond motifs is 1. The van der Waals surface area contributed by atoms with Gasteiger partial charge in [0.2, 0.25) is 0 Å². The molecule has 4 heteroatoms. The number of nitrogens with one attached hydrogen (secondary N) is 1. The topological polar surface area (TPSA) is 38.3 Å². The number of para-hydroxylation sites is 1. The second-order valence-electron chi connectivity index (χ2n) is 4.77. The van der Waals surface area contributed by atoms with Gasteiger partial charge in [-0.3, -0.25) is 4.21 Å². The van der Waals surface area contributed by atoms with E-state index >= 15 is 0 Å². The van der Waals surface area contributed by atoms with E-state index in [1.807, 2.05) is 0 Å². The Balaban J connectivity index is 2.12. The molecule has 0 aliphatic carbocycles. The average Bonchev–Trinajstić information content (AvgIpc) is 2.53. The second-order valence-corrected chi connectivity index (χ2v) is 6.32. The van der Waals surface area contributed by atoms with Gasteiger partial charge in [-0.2, -0.15) is 0 Å². The van der Waals surface area contributed by atoms with Gasteiger partial charge in [0.05, 0.1) is 6.61 Å². The number of hydrogen-bond acceptors (Lipinski definition) is 3. The van der Waals surface area contributed by atoms with Gasteiger partial charge in [0.25, 0.3) is 0 Å². The molecule has 1 heterocycles. The molecular weight excluding hydrogens is 246 g/mol. The van der Waals surface area contributed by atoms with Crippen molar-refractivity contribution in [3.8, 4) is 5.75 Å². The SMILES string of the molecule is Cc1cccc2c1OCCCC2NCCS(C)=O. The van der Waals surface area contributed by atoms with Crippen LogP contribution in [0.2, 0.25) is 0 Å². The predicted molar refractivity (Wildman–Crippen MR) is 75.6 cm³/mol. The summed E-state index contributed by atoms with van der Waals surface area (Å²) < 4.78 is 16.9. The molecular formula is C14H21NO2S. The monoisotopic (exact) mass is 267 g/mol. The maximum atomic E-state index is 11.1. The molecule has 3 nitrogen and oxygen atoms in total. The zero-order valence-corrected chi connectivity index (χ0v) is 11.9. The Morgan fingerprint density at radius 1 is 1.50 bits per heavy atom. The third-order valence-corrected chi connectivity index (χ3v) is 4.06. The fraction of sp³-hybridized carbons (Fsp3) is 0.571. The quantitative estimate of drug-likeness (QED) is 0.908. The van der Waals surface area contributed by atoms with Crippen molar-refractivity contribution in [2.75, 3.05) is 25.2 Å². The third-order valence-electron chi connectivity index (χ3n) is 3.28. The fourth-order valence-corrected chi connectivity index (χ4v) is 2.76. The number of rotatable bonds is 4. The van der Waals surface area contributed by atoms with Crippen LogP contribution >= 0.6 is 0 Å². The van der Waals surface area contributed by atoms with E-state index < -0.39 is 10.8 Å². The molecule has 2 atom stereocenters. The summed E-state index contributed by atoms with van der Waals surface area (Å²) in [5.74, 6) is 1.74. The van der Waals surface area contributed by atoms with E-state index in [4.69, 9.17) is 4.74 Å². The molecule has 0 fully saturated rings. The zero-order chi connectivity index (χ0) is 13.0. The van der Waals surface area contributed by atoms with E-state index in [1.54, 1.807) is 6.26 Å². The van der Waals surface area contributed by atoms with Crippen LogP contribution in [0.15, 0.2) is 18.2 Å². The van der Waals surface area contributed by atoms with Crippen LogP contribution in [0.25, 0.3) is 0 Å².